The van der Waals surface area contributed by atoms with E-state index in [1.165, 1.54) is 35.7 Å². The molecule has 0 bridgehead atoms. The van der Waals surface area contributed by atoms with Crippen LogP contribution >= 0.6 is 23.5 Å². The van der Waals surface area contributed by atoms with Gasteiger partial charge in [-0.05, 0) is 24.3 Å². The van der Waals surface area contributed by atoms with E-state index in [1.807, 2.05) is 60.7 Å². The van der Waals surface area contributed by atoms with Crippen molar-refractivity contribution in [2.75, 3.05) is 0 Å². The second kappa shape index (κ2) is 6.81. The van der Waals surface area contributed by atoms with Gasteiger partial charge in [0.05, 0.1) is 9.81 Å². The average Bonchev–Trinajstić information content (AvgIpc) is 2.54. The lowest BCUT2D eigenvalue weighted by atomic mass is 10.2. The standard InChI is InChI=1S/C18H12O2S2/c19-15-12-18(22-14-9-5-2-6-10-14)16(20)11-17(15)21-13-7-3-1-4-8-13/h1-12H. The Morgan fingerprint density at radius 1 is 0.545 bits per heavy atom. The monoisotopic (exact) mass is 324 g/mol. The summed E-state index contributed by atoms with van der Waals surface area (Å²) in [5.41, 5.74) is 0. The molecule has 2 aromatic rings. The van der Waals surface area contributed by atoms with E-state index in [2.05, 4.69) is 0 Å². The third-order valence-corrected chi connectivity index (χ3v) is 5.05. The first kappa shape index (κ1) is 14.9. The lowest BCUT2D eigenvalue weighted by Crippen LogP contribution is -2.09. The van der Waals surface area contributed by atoms with E-state index in [0.29, 0.717) is 9.81 Å². The van der Waals surface area contributed by atoms with E-state index < -0.39 is 0 Å². The van der Waals surface area contributed by atoms with Crippen LogP contribution in [0.25, 0.3) is 0 Å². The maximum Gasteiger partial charge on any atom is 0.193 e. The van der Waals surface area contributed by atoms with Crippen LogP contribution in [0.2, 0.25) is 0 Å². The minimum Gasteiger partial charge on any atom is -0.289 e. The number of thioether (sulfide) groups is 2. The van der Waals surface area contributed by atoms with E-state index in [1.54, 1.807) is 0 Å². The highest BCUT2D eigenvalue weighted by Gasteiger charge is 2.21. The van der Waals surface area contributed by atoms with Gasteiger partial charge >= 0.3 is 0 Å². The van der Waals surface area contributed by atoms with Gasteiger partial charge in [0.25, 0.3) is 0 Å². The van der Waals surface area contributed by atoms with E-state index >= 15 is 0 Å². The largest absolute Gasteiger partial charge is 0.289 e. The Morgan fingerprint density at radius 3 is 1.27 bits per heavy atom. The molecule has 3 rings (SSSR count). The number of carbonyl (C=O) groups is 2. The summed E-state index contributed by atoms with van der Waals surface area (Å²) in [6, 6.07) is 19.1. The van der Waals surface area contributed by atoms with Crippen molar-refractivity contribution in [1.82, 2.24) is 0 Å². The molecule has 2 nitrogen and oxygen atoms in total. The van der Waals surface area contributed by atoms with Crippen LogP contribution in [0.3, 0.4) is 0 Å². The van der Waals surface area contributed by atoms with Crippen molar-refractivity contribution < 1.29 is 9.59 Å². The molecule has 0 saturated heterocycles. The highest BCUT2D eigenvalue weighted by atomic mass is 32.2. The van der Waals surface area contributed by atoms with Crippen LogP contribution in [-0.4, -0.2) is 11.6 Å². The van der Waals surface area contributed by atoms with Crippen LogP contribution < -0.4 is 0 Å². The Kier molecular flexibility index (Phi) is 4.61. The molecule has 22 heavy (non-hydrogen) atoms. The molecule has 4 heteroatoms. The van der Waals surface area contributed by atoms with Crippen LogP contribution in [0.5, 0.6) is 0 Å². The quantitative estimate of drug-likeness (QED) is 0.776. The van der Waals surface area contributed by atoms with E-state index in [-0.39, 0.29) is 11.6 Å². The van der Waals surface area contributed by atoms with Crippen molar-refractivity contribution in [1.29, 1.82) is 0 Å². The van der Waals surface area contributed by atoms with Gasteiger partial charge in [0.15, 0.2) is 11.6 Å². The summed E-state index contributed by atoms with van der Waals surface area (Å²) in [4.78, 5) is 27.3. The first-order valence-corrected chi connectivity index (χ1v) is 8.33. The average molecular weight is 324 g/mol. The van der Waals surface area contributed by atoms with Crippen molar-refractivity contribution in [3.05, 3.63) is 82.6 Å². The maximum atomic E-state index is 12.2. The molecule has 2 aromatic carbocycles. The molecule has 0 atom stereocenters. The topological polar surface area (TPSA) is 34.1 Å². The molecule has 0 saturated carbocycles. The molecule has 1 aliphatic carbocycles. The normalized spacial score (nSPS) is 14.5. The number of carbonyl (C=O) groups excluding carboxylic acids is 2. The SMILES string of the molecule is O=C1C=C(Sc2ccccc2)C(=O)C=C1Sc1ccccc1. The summed E-state index contributed by atoms with van der Waals surface area (Å²) in [6.07, 6.45) is 2.87. The van der Waals surface area contributed by atoms with E-state index in [0.717, 1.165) is 9.79 Å². The fraction of sp³-hybridized carbons (Fsp3) is 0. The molecule has 0 amide bonds. The lowest BCUT2D eigenvalue weighted by Gasteiger charge is -2.11. The Morgan fingerprint density at radius 2 is 0.909 bits per heavy atom. The predicted molar refractivity (Wildman–Crippen MR) is 90.8 cm³/mol. The molecule has 0 aromatic heterocycles. The number of ketones is 2. The molecule has 0 aliphatic heterocycles. The highest BCUT2D eigenvalue weighted by Crippen LogP contribution is 2.34. The summed E-state index contributed by atoms with van der Waals surface area (Å²) in [5, 5.41) is 0. The Hall–Kier alpha value is -2.04. The smallest absolute Gasteiger partial charge is 0.193 e. The first-order chi connectivity index (χ1) is 10.7. The van der Waals surface area contributed by atoms with Gasteiger partial charge in [0.2, 0.25) is 0 Å². The summed E-state index contributed by atoms with van der Waals surface area (Å²) >= 11 is 2.64. The molecule has 1 aliphatic rings. The van der Waals surface area contributed by atoms with Crippen LogP contribution in [-0.2, 0) is 9.59 Å². The second-order valence-corrected chi connectivity index (χ2v) is 6.81. The van der Waals surface area contributed by atoms with Crippen molar-refractivity contribution in [3.8, 4) is 0 Å². The molecular formula is C18H12O2S2. The third kappa shape index (κ3) is 3.59. The van der Waals surface area contributed by atoms with Gasteiger partial charge in [-0.2, -0.15) is 0 Å². The van der Waals surface area contributed by atoms with Crippen LogP contribution in [0.15, 0.2) is 92.4 Å². The van der Waals surface area contributed by atoms with Gasteiger partial charge in [0, 0.05) is 21.9 Å². The summed E-state index contributed by atoms with van der Waals surface area (Å²) < 4.78 is 0. The molecule has 0 N–H and O–H groups in total. The number of rotatable bonds is 4. The number of hydrogen-bond donors (Lipinski definition) is 0. The first-order valence-electron chi connectivity index (χ1n) is 6.70. The second-order valence-electron chi connectivity index (χ2n) is 4.58. The van der Waals surface area contributed by atoms with Crippen molar-refractivity contribution in [2.45, 2.75) is 9.79 Å². The van der Waals surface area contributed by atoms with Crippen LogP contribution in [0, 0.1) is 0 Å². The Bertz CT molecular complexity index is 695. The molecule has 0 unspecified atom stereocenters. The zero-order chi connectivity index (χ0) is 15.4. The Labute approximate surface area is 137 Å². The molecule has 0 fully saturated rings. The Balaban J connectivity index is 1.75. The minimum absolute atomic E-state index is 0.119. The van der Waals surface area contributed by atoms with Crippen molar-refractivity contribution >= 4 is 35.1 Å². The lowest BCUT2D eigenvalue weighted by molar-refractivity contribution is -0.114. The summed E-state index contributed by atoms with van der Waals surface area (Å²) in [7, 11) is 0. The van der Waals surface area contributed by atoms with Gasteiger partial charge < -0.3 is 0 Å². The number of benzene rings is 2. The molecule has 108 valence electrons. The molecule has 0 spiro atoms. The van der Waals surface area contributed by atoms with Gasteiger partial charge in [-0.15, -0.1) is 0 Å². The van der Waals surface area contributed by atoms with Crippen molar-refractivity contribution in [3.63, 3.8) is 0 Å². The zero-order valence-corrected chi connectivity index (χ0v) is 13.2. The zero-order valence-electron chi connectivity index (χ0n) is 11.6. The fourth-order valence-electron chi connectivity index (χ4n) is 1.91. The van der Waals surface area contributed by atoms with Crippen LogP contribution in [0.1, 0.15) is 0 Å². The molecular weight excluding hydrogens is 312 g/mol. The summed E-state index contributed by atoms with van der Waals surface area (Å²) in [6.45, 7) is 0. The number of hydrogen-bond acceptors (Lipinski definition) is 4. The van der Waals surface area contributed by atoms with E-state index in [4.69, 9.17) is 0 Å². The predicted octanol–water partition coefficient (Wildman–Crippen LogP) is 4.49. The minimum atomic E-state index is -0.119. The molecule has 0 heterocycles. The van der Waals surface area contributed by atoms with Gasteiger partial charge in [-0.25, -0.2) is 0 Å². The summed E-state index contributed by atoms with van der Waals surface area (Å²) in [5.74, 6) is -0.237. The van der Waals surface area contributed by atoms with Gasteiger partial charge in [-0.1, -0.05) is 59.9 Å². The van der Waals surface area contributed by atoms with Gasteiger partial charge in [0.1, 0.15) is 0 Å². The molecule has 0 radical (unpaired) electrons. The maximum absolute atomic E-state index is 12.2. The third-order valence-electron chi connectivity index (χ3n) is 2.95. The highest BCUT2D eigenvalue weighted by molar-refractivity contribution is 8.05. The number of allylic oxidation sites excluding steroid dienone is 4. The van der Waals surface area contributed by atoms with Crippen LogP contribution in [0.4, 0.5) is 0 Å². The van der Waals surface area contributed by atoms with Crippen molar-refractivity contribution in [2.24, 2.45) is 0 Å². The van der Waals surface area contributed by atoms with E-state index in [9.17, 15) is 9.59 Å². The fourth-order valence-corrected chi connectivity index (χ4v) is 3.66. The van der Waals surface area contributed by atoms with Gasteiger partial charge in [-0.3, -0.25) is 9.59 Å².